The van der Waals surface area contributed by atoms with Crippen LogP contribution in [0.25, 0.3) is 0 Å². The summed E-state index contributed by atoms with van der Waals surface area (Å²) in [6.07, 6.45) is 18.8. The minimum atomic E-state index is -0.829. The van der Waals surface area contributed by atoms with Gasteiger partial charge >= 0.3 is 0 Å². The molecule has 0 heterocycles. The molecule has 0 radical (unpaired) electrons. The molecule has 0 atom stereocenters. The van der Waals surface area contributed by atoms with E-state index in [0.29, 0.717) is 25.7 Å². The van der Waals surface area contributed by atoms with Gasteiger partial charge in [0.2, 0.25) is 35.2 Å². The molecular weight excluding hydrogens is 608 g/mol. The molecule has 0 aliphatic heterocycles. The van der Waals surface area contributed by atoms with Gasteiger partial charge in [-0.1, -0.05) is 130 Å². The van der Waals surface area contributed by atoms with Gasteiger partial charge < -0.3 is 21.3 Å². The number of hydrogen-bond acceptors (Lipinski definition) is 6. The Kier molecular flexibility index (Phi) is 23.7. The van der Waals surface area contributed by atoms with E-state index < -0.39 is 35.2 Å². The number of ketones is 2. The van der Waals surface area contributed by atoms with Gasteiger partial charge in [-0.15, -0.1) is 0 Å². The SMILES string of the molecule is CCCCCCCC(=O)NC1=C(NC(=O)CCCCCCC)C(=O)C(NC(=O)CCCCCCC)=C(NC(=O)CCCCCCC)C1=O. The van der Waals surface area contributed by atoms with Gasteiger partial charge in [0, 0.05) is 25.7 Å². The summed E-state index contributed by atoms with van der Waals surface area (Å²) in [5.41, 5.74) is -1.52. The summed E-state index contributed by atoms with van der Waals surface area (Å²) < 4.78 is 0. The molecule has 10 nitrogen and oxygen atoms in total. The van der Waals surface area contributed by atoms with E-state index >= 15 is 0 Å². The number of amides is 4. The zero-order valence-corrected chi connectivity index (χ0v) is 30.4. The number of nitrogens with one attached hydrogen (secondary N) is 4. The molecule has 1 rings (SSSR count). The standard InChI is InChI=1S/C38H64N4O6/c1-5-9-13-17-21-25-29(43)39-33-34(40-30(44)26-22-18-14-10-6-2)38(48)36(42-32(46)28-24-20-16-12-8-4)35(37(33)47)41-31(45)27-23-19-15-11-7-3/h5-28H2,1-4H3,(H,39,43)(H,40,44)(H,41,45)(H,42,46). The number of Topliss-reactive ketones (excluding diaryl/α,β-unsaturated/α-hetero) is 2. The van der Waals surface area contributed by atoms with Crippen molar-refractivity contribution < 1.29 is 28.8 Å². The Morgan fingerprint density at radius 1 is 0.333 bits per heavy atom. The van der Waals surface area contributed by atoms with Gasteiger partial charge in [-0.25, -0.2) is 0 Å². The minimum Gasteiger partial charge on any atom is -0.321 e. The molecule has 272 valence electrons. The number of rotatable bonds is 28. The molecule has 4 amide bonds. The van der Waals surface area contributed by atoms with Gasteiger partial charge in [-0.05, 0) is 25.7 Å². The lowest BCUT2D eigenvalue weighted by Crippen LogP contribution is -2.47. The predicted molar refractivity (Wildman–Crippen MR) is 190 cm³/mol. The van der Waals surface area contributed by atoms with Crippen molar-refractivity contribution in [3.8, 4) is 0 Å². The van der Waals surface area contributed by atoms with E-state index in [4.69, 9.17) is 0 Å². The summed E-state index contributed by atoms with van der Waals surface area (Å²) in [5.74, 6) is -3.51. The number of unbranched alkanes of at least 4 members (excludes halogenated alkanes) is 16. The van der Waals surface area contributed by atoms with Crippen LogP contribution in [-0.2, 0) is 28.8 Å². The van der Waals surface area contributed by atoms with E-state index in [9.17, 15) is 28.8 Å². The van der Waals surface area contributed by atoms with Gasteiger partial charge in [0.25, 0.3) is 0 Å². The zero-order valence-electron chi connectivity index (χ0n) is 30.4. The monoisotopic (exact) mass is 672 g/mol. The van der Waals surface area contributed by atoms with E-state index in [2.05, 4.69) is 49.0 Å². The molecule has 48 heavy (non-hydrogen) atoms. The number of hydrogen-bond donors (Lipinski definition) is 4. The molecule has 0 unspecified atom stereocenters. The van der Waals surface area contributed by atoms with Crippen molar-refractivity contribution in [2.45, 2.75) is 182 Å². The highest BCUT2D eigenvalue weighted by Gasteiger charge is 2.38. The maximum atomic E-state index is 14.0. The van der Waals surface area contributed by atoms with Crippen LogP contribution in [0, 0.1) is 0 Å². The normalized spacial score (nSPS) is 13.2. The van der Waals surface area contributed by atoms with Gasteiger partial charge in [0.05, 0.1) is 0 Å². The quantitative estimate of drug-likeness (QED) is 0.0500. The van der Waals surface area contributed by atoms with Crippen molar-refractivity contribution in [3.05, 3.63) is 22.8 Å². The molecule has 1 aliphatic carbocycles. The Balaban J connectivity index is 3.32. The molecule has 10 heteroatoms. The third-order valence-corrected chi connectivity index (χ3v) is 8.50. The third kappa shape index (κ3) is 17.7. The first kappa shape index (κ1) is 42.7. The second-order valence-electron chi connectivity index (χ2n) is 13.0. The molecule has 0 saturated carbocycles. The van der Waals surface area contributed by atoms with E-state index in [-0.39, 0.29) is 48.5 Å². The molecule has 0 saturated heterocycles. The fourth-order valence-corrected chi connectivity index (χ4v) is 5.55. The molecule has 0 aromatic rings. The first-order chi connectivity index (χ1) is 23.2. The average Bonchev–Trinajstić information content (AvgIpc) is 3.06. The predicted octanol–water partition coefficient (Wildman–Crippen LogP) is 7.47. The van der Waals surface area contributed by atoms with Crippen molar-refractivity contribution in [3.63, 3.8) is 0 Å². The van der Waals surface area contributed by atoms with Gasteiger partial charge in [-0.2, -0.15) is 0 Å². The molecule has 1 aliphatic rings. The lowest BCUT2D eigenvalue weighted by molar-refractivity contribution is -0.126. The summed E-state index contributed by atoms with van der Waals surface area (Å²) in [5, 5.41) is 10.3. The zero-order chi connectivity index (χ0) is 35.6. The van der Waals surface area contributed by atoms with Crippen LogP contribution in [-0.4, -0.2) is 35.2 Å². The number of carbonyl (C=O) groups is 6. The van der Waals surface area contributed by atoms with Gasteiger partial charge in [-0.3, -0.25) is 28.8 Å². The third-order valence-electron chi connectivity index (χ3n) is 8.50. The summed E-state index contributed by atoms with van der Waals surface area (Å²) >= 11 is 0. The van der Waals surface area contributed by atoms with Crippen LogP contribution >= 0.6 is 0 Å². The van der Waals surface area contributed by atoms with Crippen molar-refractivity contribution in [2.75, 3.05) is 0 Å². The summed E-state index contributed by atoms with van der Waals surface area (Å²) in [6.45, 7) is 8.41. The molecule has 4 N–H and O–H groups in total. The Labute approximate surface area is 289 Å². The largest absolute Gasteiger partial charge is 0.321 e. The molecule has 0 fully saturated rings. The molecule has 0 bridgehead atoms. The number of carbonyl (C=O) groups excluding carboxylic acids is 6. The highest BCUT2D eigenvalue weighted by Crippen LogP contribution is 2.22. The second-order valence-corrected chi connectivity index (χ2v) is 13.0. The minimum absolute atomic E-state index is 0.137. The highest BCUT2D eigenvalue weighted by atomic mass is 16.2. The van der Waals surface area contributed by atoms with Crippen LogP contribution in [0.15, 0.2) is 22.8 Å². The molecular formula is C38H64N4O6. The van der Waals surface area contributed by atoms with Crippen molar-refractivity contribution in [1.29, 1.82) is 0 Å². The van der Waals surface area contributed by atoms with Crippen LogP contribution in [0.3, 0.4) is 0 Å². The van der Waals surface area contributed by atoms with Gasteiger partial charge in [0.15, 0.2) is 0 Å². The highest BCUT2D eigenvalue weighted by molar-refractivity contribution is 6.27. The average molecular weight is 673 g/mol. The topological polar surface area (TPSA) is 151 Å². The van der Waals surface area contributed by atoms with E-state index in [1.807, 2.05) is 0 Å². The van der Waals surface area contributed by atoms with Crippen LogP contribution in [0.5, 0.6) is 0 Å². The van der Waals surface area contributed by atoms with Crippen molar-refractivity contribution >= 4 is 35.2 Å². The van der Waals surface area contributed by atoms with E-state index in [1.165, 1.54) is 0 Å². The van der Waals surface area contributed by atoms with Crippen LogP contribution in [0.4, 0.5) is 0 Å². The summed E-state index contributed by atoms with van der Waals surface area (Å²) in [4.78, 5) is 80.1. The smallest absolute Gasteiger partial charge is 0.230 e. The first-order valence-corrected chi connectivity index (χ1v) is 19.0. The molecule has 0 aromatic carbocycles. The fourth-order valence-electron chi connectivity index (χ4n) is 5.55. The molecule has 0 aromatic heterocycles. The van der Waals surface area contributed by atoms with Crippen LogP contribution < -0.4 is 21.3 Å². The van der Waals surface area contributed by atoms with Crippen molar-refractivity contribution in [1.82, 2.24) is 21.3 Å². The first-order valence-electron chi connectivity index (χ1n) is 19.0. The van der Waals surface area contributed by atoms with E-state index in [1.54, 1.807) is 0 Å². The summed E-state index contributed by atoms with van der Waals surface area (Å²) in [7, 11) is 0. The van der Waals surface area contributed by atoms with Crippen LogP contribution in [0.1, 0.15) is 182 Å². The Morgan fingerprint density at radius 2 is 0.521 bits per heavy atom. The second kappa shape index (κ2) is 26.6. The van der Waals surface area contributed by atoms with Crippen molar-refractivity contribution in [2.24, 2.45) is 0 Å². The fraction of sp³-hybridized carbons (Fsp3) is 0.737. The Hall–Kier alpha value is -3.30. The lowest BCUT2D eigenvalue weighted by atomic mass is 9.97. The van der Waals surface area contributed by atoms with Crippen LogP contribution in [0.2, 0.25) is 0 Å². The maximum Gasteiger partial charge on any atom is 0.230 e. The summed E-state index contributed by atoms with van der Waals surface area (Å²) in [6, 6.07) is 0. The van der Waals surface area contributed by atoms with E-state index in [0.717, 1.165) is 103 Å². The Morgan fingerprint density at radius 3 is 0.708 bits per heavy atom. The lowest BCUT2D eigenvalue weighted by Gasteiger charge is -2.25. The molecule has 0 spiro atoms. The maximum absolute atomic E-state index is 14.0. The Bertz CT molecular complexity index is 944. The van der Waals surface area contributed by atoms with Gasteiger partial charge in [0.1, 0.15) is 22.8 Å².